The maximum Gasteiger partial charge on any atom is 0.134 e. The van der Waals surface area contributed by atoms with Gasteiger partial charge >= 0.3 is 0 Å². The number of phenolic OH excluding ortho intramolecular Hbond substituents is 1. The first-order chi connectivity index (χ1) is 20.5. The molecule has 1 fully saturated rings. The van der Waals surface area contributed by atoms with Crippen molar-refractivity contribution in [1.82, 2.24) is 0 Å². The minimum atomic E-state index is -0.444. The second kappa shape index (κ2) is 14.3. The molecule has 0 bridgehead atoms. The van der Waals surface area contributed by atoms with Crippen molar-refractivity contribution < 1.29 is 19.3 Å². The van der Waals surface area contributed by atoms with Crippen LogP contribution in [-0.4, -0.2) is 23.4 Å². The van der Waals surface area contributed by atoms with Crippen LogP contribution in [0.1, 0.15) is 66.7 Å². The average Bonchev–Trinajstić information content (AvgIpc) is 3.03. The van der Waals surface area contributed by atoms with E-state index in [1.54, 1.807) is 6.07 Å². The van der Waals surface area contributed by atoms with E-state index < -0.39 is 12.2 Å². The third-order valence-corrected chi connectivity index (χ3v) is 8.76. The lowest BCUT2D eigenvalue weighted by atomic mass is 9.83. The number of rotatable bonds is 11. The molecule has 220 valence electrons. The normalized spacial score (nSPS) is 22.2. The van der Waals surface area contributed by atoms with Gasteiger partial charge in [-0.05, 0) is 58.7 Å². The van der Waals surface area contributed by atoms with Crippen LogP contribution in [0.15, 0.2) is 97.1 Å². The van der Waals surface area contributed by atoms with E-state index in [2.05, 4.69) is 75.4 Å². The average molecular weight is 585 g/mol. The second-order valence-electron chi connectivity index (χ2n) is 11.2. The molecular weight excluding hydrogens is 544 g/mol. The molecule has 4 nitrogen and oxygen atoms in total. The van der Waals surface area contributed by atoms with Gasteiger partial charge in [-0.25, -0.2) is 0 Å². The molecule has 4 aromatic carbocycles. The minimum absolute atomic E-state index is 0.0322. The van der Waals surface area contributed by atoms with Gasteiger partial charge in [0, 0.05) is 5.92 Å². The molecule has 0 spiro atoms. The zero-order valence-corrected chi connectivity index (χ0v) is 25.5. The van der Waals surface area contributed by atoms with Crippen molar-refractivity contribution in [1.29, 1.82) is 0 Å². The highest BCUT2D eigenvalue weighted by Gasteiger charge is 2.45. The molecule has 0 unspecified atom stereocenters. The monoisotopic (exact) mass is 584 g/mol. The predicted octanol–water partition coefficient (Wildman–Crippen LogP) is 8.86. The maximum atomic E-state index is 11.0. The Kier molecular flexibility index (Phi) is 10.4. The Morgan fingerprint density at radius 3 is 1.88 bits per heavy atom. The van der Waals surface area contributed by atoms with E-state index in [1.165, 1.54) is 5.56 Å². The van der Waals surface area contributed by atoms with Crippen LogP contribution in [-0.2, 0) is 40.3 Å². The van der Waals surface area contributed by atoms with Crippen LogP contribution in [0.5, 0.6) is 5.75 Å². The van der Waals surface area contributed by atoms with E-state index in [4.69, 9.17) is 25.8 Å². The van der Waals surface area contributed by atoms with Crippen LogP contribution in [0.4, 0.5) is 0 Å². The summed E-state index contributed by atoms with van der Waals surface area (Å²) in [6.45, 7) is 7.38. The number of aromatic hydroxyl groups is 1. The molecule has 1 saturated heterocycles. The van der Waals surface area contributed by atoms with Gasteiger partial charge in [0.2, 0.25) is 0 Å². The topological polar surface area (TPSA) is 47.9 Å². The van der Waals surface area contributed by atoms with Gasteiger partial charge in [-0.2, -0.15) is 0 Å². The molecule has 1 heterocycles. The number of benzene rings is 4. The summed E-state index contributed by atoms with van der Waals surface area (Å²) in [5.74, 6) is 0.154. The highest BCUT2D eigenvalue weighted by molar-refractivity contribution is 6.32. The second-order valence-corrected chi connectivity index (χ2v) is 11.6. The Morgan fingerprint density at radius 2 is 1.31 bits per heavy atom. The number of ether oxygens (including phenoxy) is 3. The summed E-state index contributed by atoms with van der Waals surface area (Å²) in [7, 11) is 0. The number of hydrogen-bond acceptors (Lipinski definition) is 4. The van der Waals surface area contributed by atoms with Crippen molar-refractivity contribution in [3.63, 3.8) is 0 Å². The van der Waals surface area contributed by atoms with Gasteiger partial charge in [0.1, 0.15) is 18.0 Å². The first kappa shape index (κ1) is 30.3. The predicted molar refractivity (Wildman–Crippen MR) is 169 cm³/mol. The summed E-state index contributed by atoms with van der Waals surface area (Å²) in [5, 5.41) is 11.4. The molecule has 5 rings (SSSR count). The standard InChI is InChI=1S/C37H41ClO4/c1-4-26-16-18-27(19-17-26)20-30-21-31(22-32(39)34(30)38)36-37(41-24-29-14-10-7-11-15-29)35(25(3)33(5-2)42-36)40-23-28-12-8-6-9-13-28/h6-19,21-22,25,33,35-37,39H,4-5,20,23-24H2,1-3H3/t25-,33-,35+,36+,37-/m1/s1. The molecule has 42 heavy (non-hydrogen) atoms. The summed E-state index contributed by atoms with van der Waals surface area (Å²) >= 11 is 6.67. The lowest BCUT2D eigenvalue weighted by Crippen LogP contribution is -2.51. The Balaban J connectivity index is 1.49. The Labute approximate surface area is 255 Å². The Bertz CT molecular complexity index is 1410. The smallest absolute Gasteiger partial charge is 0.134 e. The van der Waals surface area contributed by atoms with Gasteiger partial charge in [0.05, 0.1) is 30.4 Å². The van der Waals surface area contributed by atoms with Gasteiger partial charge in [-0.3, -0.25) is 0 Å². The van der Waals surface area contributed by atoms with Crippen LogP contribution in [0.25, 0.3) is 0 Å². The van der Waals surface area contributed by atoms with Crippen molar-refractivity contribution in [3.8, 4) is 5.75 Å². The molecular formula is C37H41ClO4. The minimum Gasteiger partial charge on any atom is -0.506 e. The molecule has 0 aliphatic carbocycles. The molecule has 5 heteroatoms. The first-order valence-electron chi connectivity index (χ1n) is 15.0. The van der Waals surface area contributed by atoms with E-state index in [-0.39, 0.29) is 23.9 Å². The fraction of sp³-hybridized carbons (Fsp3) is 0.351. The number of halogens is 1. The molecule has 0 amide bonds. The largest absolute Gasteiger partial charge is 0.506 e. The van der Waals surface area contributed by atoms with E-state index in [9.17, 15) is 5.11 Å². The van der Waals surface area contributed by atoms with E-state index >= 15 is 0 Å². The van der Waals surface area contributed by atoms with E-state index in [0.29, 0.717) is 24.7 Å². The molecule has 0 aromatic heterocycles. The molecule has 0 radical (unpaired) electrons. The van der Waals surface area contributed by atoms with Crippen LogP contribution in [0.2, 0.25) is 5.02 Å². The molecule has 1 aliphatic rings. The van der Waals surface area contributed by atoms with Crippen molar-refractivity contribution in [3.05, 3.63) is 135 Å². The molecule has 0 saturated carbocycles. The van der Waals surface area contributed by atoms with Gasteiger partial charge in [-0.1, -0.05) is 123 Å². The zero-order valence-electron chi connectivity index (χ0n) is 24.7. The first-order valence-corrected chi connectivity index (χ1v) is 15.4. The fourth-order valence-corrected chi connectivity index (χ4v) is 6.04. The summed E-state index contributed by atoms with van der Waals surface area (Å²) < 4.78 is 20.2. The highest BCUT2D eigenvalue weighted by atomic mass is 35.5. The number of phenols is 1. The molecule has 1 aliphatic heterocycles. The van der Waals surface area contributed by atoms with E-state index in [0.717, 1.165) is 40.7 Å². The van der Waals surface area contributed by atoms with Crippen molar-refractivity contribution in [2.24, 2.45) is 5.92 Å². The summed E-state index contributed by atoms with van der Waals surface area (Å²) in [6, 6.07) is 32.7. The fourth-order valence-electron chi connectivity index (χ4n) is 5.87. The Hall–Kier alpha value is -3.15. The SMILES string of the molecule is CCc1ccc(Cc2cc([C@@H]3O[C@H](CC)[C@@H](C)[C@H](OCc4ccccc4)[C@H]3OCc3ccccc3)cc(O)c2Cl)cc1. The molecule has 5 atom stereocenters. The van der Waals surface area contributed by atoms with Crippen molar-refractivity contribution >= 4 is 11.6 Å². The zero-order chi connectivity index (χ0) is 29.5. The van der Waals surface area contributed by atoms with Crippen LogP contribution in [0.3, 0.4) is 0 Å². The molecule has 1 N–H and O–H groups in total. The van der Waals surface area contributed by atoms with Crippen LogP contribution >= 0.6 is 11.6 Å². The van der Waals surface area contributed by atoms with Crippen LogP contribution in [0, 0.1) is 5.92 Å². The molecule has 4 aromatic rings. The van der Waals surface area contributed by atoms with Crippen molar-refractivity contribution in [2.45, 2.75) is 77.7 Å². The quantitative estimate of drug-likeness (QED) is 0.191. The van der Waals surface area contributed by atoms with Gasteiger partial charge in [-0.15, -0.1) is 0 Å². The number of hydrogen-bond donors (Lipinski definition) is 1. The van der Waals surface area contributed by atoms with Crippen molar-refractivity contribution in [2.75, 3.05) is 0 Å². The van der Waals surface area contributed by atoms with Crippen LogP contribution < -0.4 is 0 Å². The number of aryl methyl sites for hydroxylation is 1. The third-order valence-electron chi connectivity index (χ3n) is 8.33. The lowest BCUT2D eigenvalue weighted by molar-refractivity contribution is -0.234. The summed E-state index contributed by atoms with van der Waals surface area (Å²) in [6.07, 6.45) is 1.34. The summed E-state index contributed by atoms with van der Waals surface area (Å²) in [4.78, 5) is 0. The summed E-state index contributed by atoms with van der Waals surface area (Å²) in [5.41, 5.74) is 6.32. The van der Waals surface area contributed by atoms with Gasteiger partial charge in [0.15, 0.2) is 0 Å². The third kappa shape index (κ3) is 7.25. The van der Waals surface area contributed by atoms with Gasteiger partial charge in [0.25, 0.3) is 0 Å². The van der Waals surface area contributed by atoms with E-state index in [1.807, 2.05) is 36.4 Å². The highest BCUT2D eigenvalue weighted by Crippen LogP contribution is 2.43. The maximum absolute atomic E-state index is 11.0. The van der Waals surface area contributed by atoms with Gasteiger partial charge < -0.3 is 19.3 Å². The Morgan fingerprint density at radius 1 is 0.738 bits per heavy atom. The lowest BCUT2D eigenvalue weighted by Gasteiger charge is -2.46.